The number of aryl methyl sites for hydroxylation is 4. The van der Waals surface area contributed by atoms with Crippen LogP contribution in [0.2, 0.25) is 0 Å². The van der Waals surface area contributed by atoms with Crippen molar-refractivity contribution in [3.05, 3.63) is 129 Å². The molecule has 0 fully saturated rings. The van der Waals surface area contributed by atoms with Crippen molar-refractivity contribution in [1.29, 1.82) is 0 Å². The monoisotopic (exact) mass is 518 g/mol. The predicted molar refractivity (Wildman–Crippen MR) is 171 cm³/mol. The topological polar surface area (TPSA) is 0 Å². The Morgan fingerprint density at radius 3 is 1.12 bits per heavy atom. The van der Waals surface area contributed by atoms with Crippen molar-refractivity contribution in [1.82, 2.24) is 0 Å². The second kappa shape index (κ2) is 8.31. The minimum atomic E-state index is -0.0300. The average molecular weight is 519 g/mol. The molecule has 0 unspecified atom stereocenters. The quantitative estimate of drug-likeness (QED) is 0.218. The molecule has 0 saturated carbocycles. The first-order valence-electron chi connectivity index (χ1n) is 14.6. The van der Waals surface area contributed by atoms with E-state index in [2.05, 4.69) is 140 Å². The lowest BCUT2D eigenvalue weighted by atomic mass is 9.79. The molecule has 0 N–H and O–H groups in total. The molecular formula is C40H38. The molecule has 0 bridgehead atoms. The van der Waals surface area contributed by atoms with Gasteiger partial charge in [0.05, 0.1) is 0 Å². The Morgan fingerprint density at radius 2 is 0.725 bits per heavy atom. The molecule has 2 aliphatic carbocycles. The molecule has 198 valence electrons. The van der Waals surface area contributed by atoms with E-state index in [0.717, 1.165) is 0 Å². The van der Waals surface area contributed by atoms with Crippen LogP contribution in [0.15, 0.2) is 84.9 Å². The first-order valence-corrected chi connectivity index (χ1v) is 14.6. The number of rotatable bonds is 2. The van der Waals surface area contributed by atoms with Crippen LogP contribution in [0.4, 0.5) is 0 Å². The molecule has 5 aromatic carbocycles. The van der Waals surface area contributed by atoms with Crippen LogP contribution in [0.5, 0.6) is 0 Å². The van der Waals surface area contributed by atoms with Crippen LogP contribution in [0.25, 0.3) is 44.5 Å². The highest BCUT2D eigenvalue weighted by atomic mass is 14.4. The number of benzene rings is 5. The average Bonchev–Trinajstić information content (AvgIpc) is 3.27. The van der Waals surface area contributed by atoms with Gasteiger partial charge >= 0.3 is 0 Å². The SMILES string of the molecule is Cc1ccc2c(c1)C(C)(C)c1cc(C)cc(-c3ccccc3-c3cc(C)cc4c3-c3ccc(C)cc3C4(C)C)c1-2. The molecule has 0 saturated heterocycles. The summed E-state index contributed by atoms with van der Waals surface area (Å²) in [5, 5.41) is 0. The molecule has 0 amide bonds. The van der Waals surface area contributed by atoms with E-state index in [9.17, 15) is 0 Å². The van der Waals surface area contributed by atoms with Crippen molar-refractivity contribution in [2.45, 2.75) is 66.2 Å². The molecule has 5 aromatic rings. The van der Waals surface area contributed by atoms with Gasteiger partial charge in [-0.15, -0.1) is 0 Å². The summed E-state index contributed by atoms with van der Waals surface area (Å²) in [6, 6.07) is 32.8. The second-order valence-electron chi connectivity index (χ2n) is 13.4. The molecule has 0 aromatic heterocycles. The van der Waals surface area contributed by atoms with Crippen LogP contribution in [-0.2, 0) is 10.8 Å². The zero-order valence-corrected chi connectivity index (χ0v) is 25.1. The van der Waals surface area contributed by atoms with Gasteiger partial charge in [-0.1, -0.05) is 135 Å². The molecule has 0 heterocycles. The Hall–Kier alpha value is -3.90. The molecule has 0 spiro atoms. The lowest BCUT2D eigenvalue weighted by Crippen LogP contribution is -2.15. The summed E-state index contributed by atoms with van der Waals surface area (Å²) in [5.41, 5.74) is 21.9. The van der Waals surface area contributed by atoms with Crippen LogP contribution < -0.4 is 0 Å². The van der Waals surface area contributed by atoms with Crippen molar-refractivity contribution in [3.63, 3.8) is 0 Å². The maximum atomic E-state index is 2.42. The zero-order valence-electron chi connectivity index (χ0n) is 25.1. The first kappa shape index (κ1) is 25.1. The van der Waals surface area contributed by atoms with E-state index < -0.39 is 0 Å². The predicted octanol–water partition coefficient (Wildman–Crippen LogP) is 10.9. The Balaban J connectivity index is 1.55. The largest absolute Gasteiger partial charge is 0.0616 e. The summed E-state index contributed by atoms with van der Waals surface area (Å²) < 4.78 is 0. The third-order valence-corrected chi connectivity index (χ3v) is 9.65. The van der Waals surface area contributed by atoms with Crippen LogP contribution in [0.1, 0.15) is 72.2 Å². The van der Waals surface area contributed by atoms with E-state index in [1.54, 1.807) is 0 Å². The van der Waals surface area contributed by atoms with Gasteiger partial charge in [0.25, 0.3) is 0 Å². The van der Waals surface area contributed by atoms with Gasteiger partial charge in [0.1, 0.15) is 0 Å². The van der Waals surface area contributed by atoms with Gasteiger partial charge in [-0.25, -0.2) is 0 Å². The highest BCUT2D eigenvalue weighted by Gasteiger charge is 2.39. The molecule has 0 nitrogen and oxygen atoms in total. The summed E-state index contributed by atoms with van der Waals surface area (Å²) in [4.78, 5) is 0. The summed E-state index contributed by atoms with van der Waals surface area (Å²) in [6.45, 7) is 18.5. The third kappa shape index (κ3) is 3.38. The minimum absolute atomic E-state index is 0.0300. The minimum Gasteiger partial charge on any atom is -0.0616 e. The third-order valence-electron chi connectivity index (χ3n) is 9.65. The fourth-order valence-corrected chi connectivity index (χ4v) is 7.59. The fraction of sp³-hybridized carbons (Fsp3) is 0.250. The lowest BCUT2D eigenvalue weighted by Gasteiger charge is -2.24. The van der Waals surface area contributed by atoms with Crippen LogP contribution in [0, 0.1) is 27.7 Å². The maximum absolute atomic E-state index is 2.42. The van der Waals surface area contributed by atoms with Gasteiger partial charge in [-0.05, 0) is 94.5 Å². The van der Waals surface area contributed by atoms with Gasteiger partial charge in [0.2, 0.25) is 0 Å². The number of hydrogen-bond donors (Lipinski definition) is 0. The Labute approximate surface area is 239 Å². The van der Waals surface area contributed by atoms with Gasteiger partial charge in [0.15, 0.2) is 0 Å². The van der Waals surface area contributed by atoms with E-state index in [-0.39, 0.29) is 10.8 Å². The Kier molecular flexibility index (Phi) is 5.21. The smallest absolute Gasteiger partial charge is 0.0159 e. The van der Waals surface area contributed by atoms with Crippen molar-refractivity contribution >= 4 is 0 Å². The summed E-state index contributed by atoms with van der Waals surface area (Å²) >= 11 is 0. The Morgan fingerprint density at radius 1 is 0.350 bits per heavy atom. The molecule has 2 aliphatic rings. The number of hydrogen-bond acceptors (Lipinski definition) is 0. The molecule has 0 radical (unpaired) electrons. The zero-order chi connectivity index (χ0) is 28.1. The summed E-state index contributed by atoms with van der Waals surface area (Å²) in [5.74, 6) is 0. The van der Waals surface area contributed by atoms with Crippen molar-refractivity contribution in [3.8, 4) is 44.5 Å². The Bertz CT molecular complexity index is 1740. The first-order chi connectivity index (χ1) is 19.0. The highest BCUT2D eigenvalue weighted by molar-refractivity contribution is 6.01. The van der Waals surface area contributed by atoms with Crippen LogP contribution in [0.3, 0.4) is 0 Å². The number of fused-ring (bicyclic) bond motifs is 6. The van der Waals surface area contributed by atoms with Crippen LogP contribution in [-0.4, -0.2) is 0 Å². The molecule has 7 rings (SSSR count). The van der Waals surface area contributed by atoms with E-state index in [1.807, 2.05) is 0 Å². The lowest BCUT2D eigenvalue weighted by molar-refractivity contribution is 0.659. The van der Waals surface area contributed by atoms with Gasteiger partial charge < -0.3 is 0 Å². The van der Waals surface area contributed by atoms with E-state index in [1.165, 1.54) is 89.0 Å². The molecular weight excluding hydrogens is 480 g/mol. The van der Waals surface area contributed by atoms with Gasteiger partial charge in [-0.3, -0.25) is 0 Å². The summed E-state index contributed by atoms with van der Waals surface area (Å²) in [6.07, 6.45) is 0. The van der Waals surface area contributed by atoms with E-state index in [4.69, 9.17) is 0 Å². The molecule has 0 atom stereocenters. The normalized spacial score (nSPS) is 15.4. The molecule has 40 heavy (non-hydrogen) atoms. The molecule has 0 heteroatoms. The standard InChI is InChI=1S/C40H38/c1-23-13-15-29-33(19-23)39(5,6)35-21-25(3)17-31(37(29)35)27-11-9-10-12-28(27)32-18-26(4)22-36-38(32)30-16-14-24(2)20-34(30)40(36,7)8/h9-22H,1-8H3. The van der Waals surface area contributed by atoms with Crippen molar-refractivity contribution in [2.75, 3.05) is 0 Å². The molecule has 0 aliphatic heterocycles. The highest BCUT2D eigenvalue weighted by Crippen LogP contribution is 2.56. The van der Waals surface area contributed by atoms with Crippen molar-refractivity contribution in [2.24, 2.45) is 0 Å². The fourth-order valence-electron chi connectivity index (χ4n) is 7.59. The van der Waals surface area contributed by atoms with Crippen molar-refractivity contribution < 1.29 is 0 Å². The van der Waals surface area contributed by atoms with Crippen LogP contribution >= 0.6 is 0 Å². The van der Waals surface area contributed by atoms with E-state index in [0.29, 0.717) is 0 Å². The van der Waals surface area contributed by atoms with E-state index >= 15 is 0 Å². The second-order valence-corrected chi connectivity index (χ2v) is 13.4. The van der Waals surface area contributed by atoms with Gasteiger partial charge in [0, 0.05) is 10.8 Å². The summed E-state index contributed by atoms with van der Waals surface area (Å²) in [7, 11) is 0. The van der Waals surface area contributed by atoms with Gasteiger partial charge in [-0.2, -0.15) is 0 Å². The maximum Gasteiger partial charge on any atom is 0.0159 e.